The Morgan fingerprint density at radius 1 is 1.23 bits per heavy atom. The van der Waals surface area contributed by atoms with Crippen LogP contribution in [-0.4, -0.2) is 18.7 Å². The zero-order valence-electron chi connectivity index (χ0n) is 20.8. The minimum Gasteiger partial charge on any atom is -0.347 e. The van der Waals surface area contributed by atoms with Gasteiger partial charge < -0.3 is 5.32 Å². The van der Waals surface area contributed by atoms with Gasteiger partial charge in [-0.05, 0) is 63.7 Å². The maximum Gasteiger partial charge on any atom is 0.217 e. The van der Waals surface area contributed by atoms with Crippen molar-refractivity contribution in [3.8, 4) is 0 Å². The predicted octanol–water partition coefficient (Wildman–Crippen LogP) is 7.40. The lowest BCUT2D eigenvalue weighted by atomic mass is 9.84. The van der Waals surface area contributed by atoms with Crippen LogP contribution in [-0.2, 0) is 10.3 Å². The first-order valence-corrected chi connectivity index (χ1v) is 11.4. The van der Waals surface area contributed by atoms with E-state index in [-0.39, 0.29) is 23.2 Å². The molecule has 0 spiro atoms. The lowest BCUT2D eigenvalue weighted by Crippen LogP contribution is -2.39. The van der Waals surface area contributed by atoms with Gasteiger partial charge in [0, 0.05) is 25.6 Å². The van der Waals surface area contributed by atoms with Crippen LogP contribution in [0.3, 0.4) is 0 Å². The van der Waals surface area contributed by atoms with Crippen LogP contribution < -0.4 is 5.32 Å². The van der Waals surface area contributed by atoms with Crippen molar-refractivity contribution >= 4 is 11.6 Å². The average molecular weight is 431 g/mol. The molecule has 3 nitrogen and oxygen atoms in total. The second-order valence-corrected chi connectivity index (χ2v) is 8.42. The van der Waals surface area contributed by atoms with Crippen LogP contribution in [0, 0.1) is 11.8 Å². The van der Waals surface area contributed by atoms with Gasteiger partial charge in [-0.3, -0.25) is 9.79 Å². The molecule has 1 aromatic carbocycles. The molecule has 4 heteroatoms. The van der Waals surface area contributed by atoms with E-state index in [1.165, 1.54) is 25.1 Å². The third kappa shape index (κ3) is 11.7. The molecule has 1 amide bonds. The largest absolute Gasteiger partial charge is 0.347 e. The summed E-state index contributed by atoms with van der Waals surface area (Å²) in [6, 6.07) is 9.93. The molecule has 0 aliphatic heterocycles. The fraction of sp³-hybridized carbons (Fsp3) is 0.556. The number of halogens is 1. The molecule has 1 aromatic rings. The van der Waals surface area contributed by atoms with Crippen molar-refractivity contribution < 1.29 is 9.18 Å². The molecule has 174 valence electrons. The van der Waals surface area contributed by atoms with Crippen molar-refractivity contribution in [3.63, 3.8) is 0 Å². The van der Waals surface area contributed by atoms with Gasteiger partial charge in [-0.1, -0.05) is 63.6 Å². The Balaban J connectivity index is 0.000000609. The van der Waals surface area contributed by atoms with Crippen molar-refractivity contribution in [1.82, 2.24) is 5.32 Å². The van der Waals surface area contributed by atoms with E-state index < -0.39 is 0 Å². The number of amides is 1. The van der Waals surface area contributed by atoms with E-state index >= 15 is 0 Å². The molecule has 2 atom stereocenters. The number of rotatable bonds is 10. The van der Waals surface area contributed by atoms with Crippen molar-refractivity contribution in [2.45, 2.75) is 79.7 Å². The molecule has 0 aliphatic rings. The Kier molecular flexibility index (Phi) is 14.4. The minimum atomic E-state index is -0.285. The van der Waals surface area contributed by atoms with Crippen LogP contribution >= 0.6 is 0 Å². The van der Waals surface area contributed by atoms with E-state index in [1.54, 1.807) is 12.2 Å². The summed E-state index contributed by atoms with van der Waals surface area (Å²) in [5.74, 6) is 0.405. The van der Waals surface area contributed by atoms with E-state index in [0.717, 1.165) is 24.8 Å². The Morgan fingerprint density at radius 2 is 1.84 bits per heavy atom. The number of aliphatic imine (C=N–C) groups is 1. The number of carbonyl (C=O) groups excluding carboxylic acids is 1. The van der Waals surface area contributed by atoms with Gasteiger partial charge in [0.25, 0.3) is 0 Å². The molecule has 0 aliphatic carbocycles. The standard InChI is InChI=1S/C16H28FN.C11H15NO/c1-6-9-11-16(18-5)15(8-3)13(4)12-14(17)10-7-2;1-9(13)12-11(2,3)10-7-5-4-6-8-10/h7,10,12-13,15H,6,8-9,11H2,1-5H3;4-8H,1-3H3,(H,12,13)/b10-7-,14-12+,18-16?;. The van der Waals surface area contributed by atoms with Crippen molar-refractivity contribution in [3.05, 3.63) is 60.0 Å². The number of hydrogen-bond acceptors (Lipinski definition) is 2. The third-order valence-electron chi connectivity index (χ3n) is 5.31. The monoisotopic (exact) mass is 430 g/mol. The number of nitrogens with zero attached hydrogens (tertiary/aromatic N) is 1. The van der Waals surface area contributed by atoms with Gasteiger partial charge in [0.15, 0.2) is 0 Å². The Morgan fingerprint density at radius 3 is 2.29 bits per heavy atom. The topological polar surface area (TPSA) is 41.5 Å². The maximum absolute atomic E-state index is 13.5. The van der Waals surface area contributed by atoms with Gasteiger partial charge >= 0.3 is 0 Å². The normalized spacial score (nSPS) is 14.6. The SMILES string of the molecule is C/C=C\C(F)=C/C(C)C(CC)C(CCCC)=NC.CC(=O)NC(C)(C)c1ccccc1. The second-order valence-electron chi connectivity index (χ2n) is 8.42. The number of benzene rings is 1. The second kappa shape index (κ2) is 15.6. The summed E-state index contributed by atoms with van der Waals surface area (Å²) in [6.07, 6.45) is 9.34. The lowest BCUT2D eigenvalue weighted by molar-refractivity contribution is -0.120. The Bertz CT molecular complexity index is 720. The predicted molar refractivity (Wildman–Crippen MR) is 133 cm³/mol. The zero-order valence-corrected chi connectivity index (χ0v) is 20.8. The average Bonchev–Trinajstić information content (AvgIpc) is 2.71. The van der Waals surface area contributed by atoms with Gasteiger partial charge in [0.1, 0.15) is 5.83 Å². The van der Waals surface area contributed by atoms with Gasteiger partial charge in [-0.15, -0.1) is 0 Å². The highest BCUT2D eigenvalue weighted by atomic mass is 19.1. The number of nitrogens with one attached hydrogen (secondary N) is 1. The Hall–Kier alpha value is -2.23. The summed E-state index contributed by atoms with van der Waals surface area (Å²) in [4.78, 5) is 15.3. The molecule has 0 heterocycles. The van der Waals surface area contributed by atoms with E-state index in [4.69, 9.17) is 0 Å². The van der Waals surface area contributed by atoms with Crippen molar-refractivity contribution in [2.75, 3.05) is 7.05 Å². The van der Waals surface area contributed by atoms with Crippen LogP contribution in [0.2, 0.25) is 0 Å². The molecule has 0 radical (unpaired) electrons. The molecule has 2 unspecified atom stereocenters. The Labute approximate surface area is 189 Å². The van der Waals surface area contributed by atoms with Crippen molar-refractivity contribution in [1.29, 1.82) is 0 Å². The van der Waals surface area contributed by atoms with Crippen LogP contribution in [0.1, 0.15) is 79.7 Å². The number of unbranched alkanes of at least 4 members (excludes halogenated alkanes) is 1. The van der Waals surface area contributed by atoms with Crippen LogP contribution in [0.15, 0.2) is 59.4 Å². The van der Waals surface area contributed by atoms with E-state index in [1.807, 2.05) is 58.2 Å². The van der Waals surface area contributed by atoms with E-state index in [2.05, 4.69) is 31.1 Å². The van der Waals surface area contributed by atoms with E-state index in [9.17, 15) is 9.18 Å². The van der Waals surface area contributed by atoms with Gasteiger partial charge in [0.2, 0.25) is 5.91 Å². The quantitative estimate of drug-likeness (QED) is 0.305. The van der Waals surface area contributed by atoms with E-state index in [0.29, 0.717) is 5.92 Å². The summed E-state index contributed by atoms with van der Waals surface area (Å²) >= 11 is 0. The van der Waals surface area contributed by atoms with Crippen LogP contribution in [0.25, 0.3) is 0 Å². The first-order valence-electron chi connectivity index (χ1n) is 11.4. The van der Waals surface area contributed by atoms with Gasteiger partial charge in [0.05, 0.1) is 5.54 Å². The molecule has 31 heavy (non-hydrogen) atoms. The summed E-state index contributed by atoms with van der Waals surface area (Å²) < 4.78 is 13.5. The third-order valence-corrected chi connectivity index (χ3v) is 5.31. The van der Waals surface area contributed by atoms with Crippen molar-refractivity contribution in [2.24, 2.45) is 16.8 Å². The first kappa shape index (κ1) is 28.8. The summed E-state index contributed by atoms with van der Waals surface area (Å²) in [7, 11) is 1.85. The fourth-order valence-electron chi connectivity index (χ4n) is 3.68. The lowest BCUT2D eigenvalue weighted by Gasteiger charge is -2.26. The van der Waals surface area contributed by atoms with Crippen LogP contribution in [0.5, 0.6) is 0 Å². The fourth-order valence-corrected chi connectivity index (χ4v) is 3.68. The molecule has 1 N–H and O–H groups in total. The van der Waals surface area contributed by atoms with Gasteiger partial charge in [-0.2, -0.15) is 0 Å². The molecule has 0 aromatic heterocycles. The number of hydrogen-bond donors (Lipinski definition) is 1. The van der Waals surface area contributed by atoms with Gasteiger partial charge in [-0.25, -0.2) is 4.39 Å². The smallest absolute Gasteiger partial charge is 0.217 e. The molecule has 0 fully saturated rings. The molecular formula is C27H43FN2O. The maximum atomic E-state index is 13.5. The molecular weight excluding hydrogens is 387 g/mol. The summed E-state index contributed by atoms with van der Waals surface area (Å²) in [5, 5.41) is 2.90. The molecule has 0 saturated carbocycles. The number of allylic oxidation sites excluding steroid dienone is 4. The zero-order chi connectivity index (χ0) is 23.9. The first-order chi connectivity index (χ1) is 14.6. The number of carbonyl (C=O) groups is 1. The van der Waals surface area contributed by atoms with Crippen LogP contribution in [0.4, 0.5) is 4.39 Å². The highest BCUT2D eigenvalue weighted by molar-refractivity contribution is 5.87. The minimum absolute atomic E-state index is 0.00569. The molecule has 1 rings (SSSR count). The highest BCUT2D eigenvalue weighted by Gasteiger charge is 2.20. The summed E-state index contributed by atoms with van der Waals surface area (Å²) in [5.41, 5.74) is 2.06. The molecule has 0 saturated heterocycles. The highest BCUT2D eigenvalue weighted by Crippen LogP contribution is 2.23. The molecule has 0 bridgehead atoms. The summed E-state index contributed by atoms with van der Waals surface area (Å²) in [6.45, 7) is 13.8.